The molecule has 0 spiro atoms. The molecule has 3 aliphatic rings. The van der Waals surface area contributed by atoms with Gasteiger partial charge in [-0.05, 0) is 37.6 Å². The van der Waals surface area contributed by atoms with Crippen molar-refractivity contribution >= 4 is 37.6 Å². The molecule has 5 heterocycles. The van der Waals surface area contributed by atoms with Crippen molar-refractivity contribution in [1.29, 1.82) is 0 Å². The maximum atomic E-state index is 16.5. The number of halogens is 7. The highest BCUT2D eigenvalue weighted by Crippen LogP contribution is 2.46. The number of benzene rings is 2. The van der Waals surface area contributed by atoms with Crippen LogP contribution in [0.4, 0.5) is 35.9 Å². The van der Waals surface area contributed by atoms with Gasteiger partial charge in [0.2, 0.25) is 5.88 Å². The van der Waals surface area contributed by atoms with E-state index in [0.29, 0.717) is 30.4 Å². The van der Waals surface area contributed by atoms with E-state index in [1.807, 2.05) is 4.90 Å². The standard InChI is InChI=1S/C28H25F7N6O2S/c29-12-7-27(4-1-5-41(27)10-12)11-42-26-39-21-14(24(40-26)43-18-9-37-8-17(18)31)6-15(28(33,34)35)19(20(21)32)13-2-3-16(30)23-22(13)38-25(36)44-23/h2-3,6,12,17-18,37H,1,4-5,7-11H2,(H2,36,38)/t12-,17-,18+,27+/m1/s1. The molecule has 234 valence electrons. The summed E-state index contributed by atoms with van der Waals surface area (Å²) in [6.45, 7) is 0.845. The Bertz CT molecular complexity index is 1770. The first-order valence-corrected chi connectivity index (χ1v) is 14.7. The molecule has 3 aliphatic heterocycles. The number of thiazole rings is 1. The molecule has 3 fully saturated rings. The minimum atomic E-state index is -5.10. The van der Waals surface area contributed by atoms with Gasteiger partial charge >= 0.3 is 12.2 Å². The summed E-state index contributed by atoms with van der Waals surface area (Å²) in [5, 5.41) is 2.19. The lowest BCUT2D eigenvalue weighted by atomic mass is 9.95. The van der Waals surface area contributed by atoms with Crippen LogP contribution in [-0.2, 0) is 6.18 Å². The molecule has 0 radical (unpaired) electrons. The highest BCUT2D eigenvalue weighted by Gasteiger charge is 2.49. The van der Waals surface area contributed by atoms with Crippen LogP contribution in [0.2, 0.25) is 0 Å². The number of nitrogen functional groups attached to an aromatic ring is 1. The summed E-state index contributed by atoms with van der Waals surface area (Å²) in [5.74, 6) is -2.71. The van der Waals surface area contributed by atoms with Gasteiger partial charge in [-0.3, -0.25) is 4.90 Å². The van der Waals surface area contributed by atoms with E-state index in [0.717, 1.165) is 18.6 Å². The quantitative estimate of drug-likeness (QED) is 0.269. The summed E-state index contributed by atoms with van der Waals surface area (Å²) in [7, 11) is 0. The van der Waals surface area contributed by atoms with Crippen molar-refractivity contribution in [2.24, 2.45) is 0 Å². The first kappa shape index (κ1) is 29.2. The van der Waals surface area contributed by atoms with Crippen LogP contribution in [0.15, 0.2) is 18.2 Å². The summed E-state index contributed by atoms with van der Waals surface area (Å²) in [4.78, 5) is 14.2. The molecular weight excluding hydrogens is 617 g/mol. The van der Waals surface area contributed by atoms with Crippen LogP contribution in [0.1, 0.15) is 24.8 Å². The fourth-order valence-corrected chi connectivity index (χ4v) is 7.31. The minimum absolute atomic E-state index is 0.0321. The molecule has 4 atom stereocenters. The number of anilines is 1. The van der Waals surface area contributed by atoms with Crippen LogP contribution in [0, 0.1) is 11.6 Å². The van der Waals surface area contributed by atoms with Crippen molar-refractivity contribution < 1.29 is 40.2 Å². The third-order valence-corrected chi connectivity index (χ3v) is 9.44. The first-order chi connectivity index (χ1) is 20.9. The Morgan fingerprint density at radius 2 is 1.93 bits per heavy atom. The molecule has 2 aromatic heterocycles. The van der Waals surface area contributed by atoms with Crippen molar-refractivity contribution in [3.8, 4) is 23.0 Å². The van der Waals surface area contributed by atoms with Crippen LogP contribution in [0.5, 0.6) is 11.9 Å². The third-order valence-electron chi connectivity index (χ3n) is 8.54. The fourth-order valence-electron chi connectivity index (χ4n) is 6.54. The van der Waals surface area contributed by atoms with E-state index in [2.05, 4.69) is 20.3 Å². The van der Waals surface area contributed by atoms with Crippen LogP contribution < -0.4 is 20.5 Å². The van der Waals surface area contributed by atoms with Crippen LogP contribution >= 0.6 is 11.3 Å². The smallest absolute Gasteiger partial charge is 0.417 e. The van der Waals surface area contributed by atoms with Gasteiger partial charge in [0.1, 0.15) is 30.2 Å². The summed E-state index contributed by atoms with van der Waals surface area (Å²) in [6.07, 6.45) is -7.12. The predicted molar refractivity (Wildman–Crippen MR) is 148 cm³/mol. The Kier molecular flexibility index (Phi) is 7.01. The second-order valence-corrected chi connectivity index (χ2v) is 12.4. The van der Waals surface area contributed by atoms with E-state index in [1.54, 1.807) is 0 Å². The molecule has 0 bridgehead atoms. The SMILES string of the molecule is Nc1nc2c(-c3c(C(F)(F)F)cc4c(O[C@H]5CNC[C@H]5F)nc(OC[C@@]56CCCN5C[C@H](F)C6)nc4c3F)ccc(F)c2s1. The maximum absolute atomic E-state index is 16.5. The Hall–Kier alpha value is -3.50. The van der Waals surface area contributed by atoms with Gasteiger partial charge in [0.15, 0.2) is 17.1 Å². The normalized spacial score (nSPS) is 25.8. The summed E-state index contributed by atoms with van der Waals surface area (Å²) in [6, 6.07) is 2.09. The van der Waals surface area contributed by atoms with Gasteiger partial charge in [0.25, 0.3) is 0 Å². The Morgan fingerprint density at radius 1 is 1.11 bits per heavy atom. The molecule has 0 saturated carbocycles. The van der Waals surface area contributed by atoms with Crippen molar-refractivity contribution in [3.05, 3.63) is 35.4 Å². The van der Waals surface area contributed by atoms with E-state index >= 15 is 4.39 Å². The molecule has 2 aromatic carbocycles. The lowest BCUT2D eigenvalue weighted by Gasteiger charge is -2.30. The van der Waals surface area contributed by atoms with Gasteiger partial charge in [-0.1, -0.05) is 11.3 Å². The Morgan fingerprint density at radius 3 is 2.68 bits per heavy atom. The fraction of sp³-hybridized carbons (Fsp3) is 0.464. The number of alkyl halides is 5. The molecule has 44 heavy (non-hydrogen) atoms. The molecule has 0 unspecified atom stereocenters. The monoisotopic (exact) mass is 642 g/mol. The molecule has 4 aromatic rings. The second kappa shape index (κ2) is 10.5. The number of fused-ring (bicyclic) bond motifs is 3. The third kappa shape index (κ3) is 4.86. The molecule has 16 heteroatoms. The average Bonchev–Trinajstić information content (AvgIpc) is 3.72. The minimum Gasteiger partial charge on any atom is -0.469 e. The molecule has 3 N–H and O–H groups in total. The first-order valence-electron chi connectivity index (χ1n) is 13.9. The molecule has 3 saturated heterocycles. The highest BCUT2D eigenvalue weighted by atomic mass is 32.1. The topological polar surface area (TPSA) is 98.4 Å². The van der Waals surface area contributed by atoms with E-state index < -0.39 is 75.7 Å². The maximum Gasteiger partial charge on any atom is 0.417 e. The number of hydrogen-bond donors (Lipinski definition) is 2. The summed E-state index contributed by atoms with van der Waals surface area (Å²) in [5.41, 5.74) is 1.54. The number of aromatic nitrogens is 3. The van der Waals surface area contributed by atoms with Gasteiger partial charge in [-0.15, -0.1) is 0 Å². The molecule has 8 nitrogen and oxygen atoms in total. The van der Waals surface area contributed by atoms with Crippen LogP contribution in [0.3, 0.4) is 0 Å². The number of nitrogens with zero attached hydrogens (tertiary/aromatic N) is 4. The zero-order chi connectivity index (χ0) is 31.0. The van der Waals surface area contributed by atoms with E-state index in [9.17, 15) is 26.3 Å². The van der Waals surface area contributed by atoms with Gasteiger partial charge in [0.05, 0.1) is 26.7 Å². The van der Waals surface area contributed by atoms with Crippen molar-refractivity contribution in [3.63, 3.8) is 0 Å². The Labute approximate surface area is 249 Å². The number of nitrogens with one attached hydrogen (secondary N) is 1. The Balaban J connectivity index is 1.41. The van der Waals surface area contributed by atoms with E-state index in [4.69, 9.17) is 15.2 Å². The lowest BCUT2D eigenvalue weighted by molar-refractivity contribution is -0.137. The summed E-state index contributed by atoms with van der Waals surface area (Å²) < 4.78 is 115. The molecule has 7 rings (SSSR count). The van der Waals surface area contributed by atoms with Gasteiger partial charge < -0.3 is 20.5 Å². The largest absolute Gasteiger partial charge is 0.469 e. The van der Waals surface area contributed by atoms with Crippen molar-refractivity contribution in [1.82, 2.24) is 25.2 Å². The zero-order valence-corrected chi connectivity index (χ0v) is 23.7. The molecule has 0 amide bonds. The van der Waals surface area contributed by atoms with Gasteiger partial charge in [-0.25, -0.2) is 22.5 Å². The van der Waals surface area contributed by atoms with Crippen molar-refractivity contribution in [2.75, 3.05) is 38.5 Å². The lowest BCUT2D eigenvalue weighted by Crippen LogP contribution is -2.43. The van der Waals surface area contributed by atoms with Gasteiger partial charge in [0, 0.05) is 37.2 Å². The van der Waals surface area contributed by atoms with Crippen LogP contribution in [0.25, 0.3) is 32.2 Å². The predicted octanol–water partition coefficient (Wildman–Crippen LogP) is 5.43. The zero-order valence-electron chi connectivity index (χ0n) is 22.9. The number of nitrogens with two attached hydrogens (primary N) is 1. The van der Waals surface area contributed by atoms with Crippen molar-refractivity contribution in [2.45, 2.75) is 49.4 Å². The molecule has 0 aliphatic carbocycles. The van der Waals surface area contributed by atoms with E-state index in [1.165, 1.54) is 0 Å². The number of ether oxygens (including phenoxy) is 2. The number of rotatable bonds is 6. The summed E-state index contributed by atoms with van der Waals surface area (Å²) >= 11 is 0.709. The second-order valence-electron chi connectivity index (χ2n) is 11.3. The molecular formula is C28H25F7N6O2S. The average molecular weight is 643 g/mol. The van der Waals surface area contributed by atoms with Crippen LogP contribution in [-0.4, -0.2) is 76.6 Å². The van der Waals surface area contributed by atoms with E-state index in [-0.39, 0.29) is 53.6 Å². The highest BCUT2D eigenvalue weighted by molar-refractivity contribution is 7.22. The number of hydrogen-bond acceptors (Lipinski definition) is 9. The van der Waals surface area contributed by atoms with Gasteiger partial charge in [-0.2, -0.15) is 23.1 Å².